The van der Waals surface area contributed by atoms with Crippen LogP contribution in [-0.4, -0.2) is 0 Å². The van der Waals surface area contributed by atoms with Gasteiger partial charge in [-0.05, 0) is 227 Å². The lowest BCUT2D eigenvalue weighted by molar-refractivity contribution is -0.660. The van der Waals surface area contributed by atoms with Crippen molar-refractivity contribution in [1.82, 2.24) is 0 Å². The molecule has 0 spiro atoms. The summed E-state index contributed by atoms with van der Waals surface area (Å²) in [6, 6.07) is 68.1. The molecular formula is C90H96N3+3. The van der Waals surface area contributed by atoms with E-state index in [2.05, 4.69) is 360 Å². The molecule has 0 saturated heterocycles. The molecule has 3 heterocycles. The molecule has 0 bridgehead atoms. The van der Waals surface area contributed by atoms with E-state index in [-0.39, 0.29) is 32.5 Å². The molecule has 0 aliphatic heterocycles. The summed E-state index contributed by atoms with van der Waals surface area (Å²) >= 11 is 0. The largest absolute Gasteiger partial charge is 0.212 e. The minimum absolute atomic E-state index is 0.00114. The summed E-state index contributed by atoms with van der Waals surface area (Å²) in [4.78, 5) is 0. The van der Waals surface area contributed by atoms with E-state index in [0.29, 0.717) is 0 Å². The van der Waals surface area contributed by atoms with Crippen molar-refractivity contribution in [3.05, 3.63) is 267 Å². The zero-order chi connectivity index (χ0) is 66.4. The van der Waals surface area contributed by atoms with Gasteiger partial charge in [-0.25, -0.2) is 13.7 Å². The maximum absolute atomic E-state index is 2.43. The van der Waals surface area contributed by atoms with Crippen molar-refractivity contribution < 1.29 is 13.7 Å². The van der Waals surface area contributed by atoms with Crippen molar-refractivity contribution in [1.29, 1.82) is 0 Å². The number of hydrogen-bond acceptors (Lipinski definition) is 0. The topological polar surface area (TPSA) is 11.6 Å². The molecule has 3 aromatic heterocycles. The molecule has 0 atom stereocenters. The Morgan fingerprint density at radius 3 is 1.08 bits per heavy atom. The molecular weight excluding hydrogens is 1120 g/mol. The van der Waals surface area contributed by atoms with Crippen molar-refractivity contribution >= 4 is 32.3 Å². The van der Waals surface area contributed by atoms with Gasteiger partial charge in [0.1, 0.15) is 21.1 Å². The molecule has 0 saturated carbocycles. The first-order chi connectivity index (χ1) is 43.9. The van der Waals surface area contributed by atoms with Crippen LogP contribution in [0.1, 0.15) is 150 Å². The Labute approximate surface area is 555 Å². The van der Waals surface area contributed by atoms with Gasteiger partial charge in [-0.2, -0.15) is 0 Å². The number of rotatable bonds is 3. The highest BCUT2D eigenvalue weighted by Gasteiger charge is 2.51. The fourth-order valence-electron chi connectivity index (χ4n) is 17.1. The normalized spacial score (nSPS) is 16.1. The number of aryl methyl sites for hydroxylation is 7. The van der Waals surface area contributed by atoms with E-state index in [4.69, 9.17) is 0 Å². The lowest BCUT2D eigenvalue weighted by atomic mass is 9.54. The molecule has 15 rings (SSSR count). The number of pyridine rings is 3. The van der Waals surface area contributed by atoms with E-state index in [1.54, 1.807) is 0 Å². The number of fused-ring (bicyclic) bond motifs is 14. The molecule has 0 amide bonds. The Morgan fingerprint density at radius 1 is 0.258 bits per heavy atom. The van der Waals surface area contributed by atoms with E-state index in [9.17, 15) is 0 Å². The summed E-state index contributed by atoms with van der Waals surface area (Å²) in [5.41, 5.74) is 33.0. The number of aromatic nitrogens is 3. The number of hydrogen-bond donors (Lipinski definition) is 0. The summed E-state index contributed by atoms with van der Waals surface area (Å²) in [6.45, 7) is 42.4. The lowest BCUT2D eigenvalue weighted by Gasteiger charge is -2.49. The van der Waals surface area contributed by atoms with E-state index in [1.807, 2.05) is 0 Å². The van der Waals surface area contributed by atoms with Gasteiger partial charge in [-0.15, -0.1) is 0 Å². The molecule has 3 nitrogen and oxygen atoms in total. The van der Waals surface area contributed by atoms with Crippen LogP contribution in [0.25, 0.3) is 99.5 Å². The molecule has 0 radical (unpaired) electrons. The minimum Gasteiger partial charge on any atom is -0.201 e. The SMILES string of the molecule is Cc1ccc(-c2c(C)ccc3c2C(C)(C)C(C)(C)c2ccc4ccccc4c2-3)[n+](C)c1.Cc1ccc(-c2ccc3c(c2C)C(C)(C)C(C)(C)c2cc4ccccc4cc2-3)[n+](C)c1.Cc1ccc(-c2ccc3c(c2C)C(C)(C)C(C)(C)c2ccc4ccccc4c2-3)[n+](C)c1. The van der Waals surface area contributed by atoms with Gasteiger partial charge >= 0.3 is 0 Å². The van der Waals surface area contributed by atoms with Crippen LogP contribution in [-0.2, 0) is 53.6 Å². The van der Waals surface area contributed by atoms with E-state index < -0.39 is 0 Å². The van der Waals surface area contributed by atoms with Crippen molar-refractivity contribution in [2.75, 3.05) is 0 Å². The second kappa shape index (κ2) is 22.2. The quantitative estimate of drug-likeness (QED) is 0.156. The van der Waals surface area contributed by atoms with Crippen molar-refractivity contribution in [3.8, 4) is 67.2 Å². The maximum atomic E-state index is 2.43. The van der Waals surface area contributed by atoms with Gasteiger partial charge in [0, 0.05) is 51.4 Å². The fraction of sp³-hybridized carbons (Fsp3) is 0.300. The Balaban J connectivity index is 0.000000127. The molecule has 0 N–H and O–H groups in total. The molecule has 0 fully saturated rings. The summed E-state index contributed by atoms with van der Waals surface area (Å²) in [5.74, 6) is 0. The molecule has 3 heteroatoms. The Bertz CT molecular complexity index is 5050. The maximum Gasteiger partial charge on any atom is 0.212 e. The molecule has 3 aliphatic rings. The van der Waals surface area contributed by atoms with Crippen LogP contribution >= 0.6 is 0 Å². The fourth-order valence-corrected chi connectivity index (χ4v) is 17.1. The zero-order valence-electron chi connectivity index (χ0n) is 59.4. The van der Waals surface area contributed by atoms with Crippen LogP contribution in [0, 0.1) is 41.5 Å². The highest BCUT2D eigenvalue weighted by atomic mass is 14.9. The van der Waals surface area contributed by atoms with Gasteiger partial charge in [0.05, 0.1) is 5.56 Å². The van der Waals surface area contributed by atoms with Crippen LogP contribution in [0.2, 0.25) is 0 Å². The predicted molar refractivity (Wildman–Crippen MR) is 395 cm³/mol. The average molecular weight is 1220 g/mol. The summed E-state index contributed by atoms with van der Waals surface area (Å²) in [6.07, 6.45) is 6.66. The second-order valence-electron chi connectivity index (χ2n) is 31.0. The standard InChI is InChI=1S/3C30H32N/c1-19-12-17-26(31(7)18-19)22-14-15-24-27-23-11-9-8-10-21(23)13-16-25(27)29(3,4)30(5,6)28(24)20(22)2;1-19-12-17-25(31(7)18-19)26-20(2)13-15-23-27-22-11-9-8-10-21(22)14-16-24(27)29(3,4)30(5,6)28(23)26;1-19-12-15-27(31(7)18-19)23-13-14-24-25-16-21-10-8-9-11-22(21)17-26(25)29(3,4)30(5,6)28(24)20(23)2/h3*8-18H,1-7H3/q3*+1. The van der Waals surface area contributed by atoms with Gasteiger partial charge < -0.3 is 0 Å². The van der Waals surface area contributed by atoms with Crippen molar-refractivity contribution in [2.24, 2.45) is 21.1 Å². The van der Waals surface area contributed by atoms with Crippen LogP contribution in [0.5, 0.6) is 0 Å². The highest BCUT2D eigenvalue weighted by Crippen LogP contribution is 2.60. The lowest BCUT2D eigenvalue weighted by Crippen LogP contribution is -2.44. The van der Waals surface area contributed by atoms with Crippen LogP contribution in [0.4, 0.5) is 0 Å². The summed E-state index contributed by atoms with van der Waals surface area (Å²) in [7, 11) is 6.47. The van der Waals surface area contributed by atoms with Crippen LogP contribution in [0.15, 0.2) is 201 Å². The third kappa shape index (κ3) is 9.59. The molecule has 0 unspecified atom stereocenters. The van der Waals surface area contributed by atoms with Crippen molar-refractivity contribution in [2.45, 2.75) is 157 Å². The average Bonchev–Trinajstić information content (AvgIpc) is 0.713. The van der Waals surface area contributed by atoms with Gasteiger partial charge in [0.25, 0.3) is 0 Å². The monoisotopic (exact) mass is 1220 g/mol. The first-order valence-electron chi connectivity index (χ1n) is 33.8. The zero-order valence-corrected chi connectivity index (χ0v) is 59.4. The molecule has 12 aromatic rings. The Kier molecular flexibility index (Phi) is 15.0. The summed E-state index contributed by atoms with van der Waals surface area (Å²) < 4.78 is 6.81. The first-order valence-corrected chi connectivity index (χ1v) is 33.8. The first kappa shape index (κ1) is 63.0. The van der Waals surface area contributed by atoms with Crippen LogP contribution in [0.3, 0.4) is 0 Å². The summed E-state index contributed by atoms with van der Waals surface area (Å²) in [5, 5.41) is 7.98. The van der Waals surface area contributed by atoms with E-state index in [1.165, 1.54) is 166 Å². The smallest absolute Gasteiger partial charge is 0.201 e. The van der Waals surface area contributed by atoms with E-state index in [0.717, 1.165) is 0 Å². The van der Waals surface area contributed by atoms with Gasteiger partial charge in [-0.1, -0.05) is 204 Å². The Hall–Kier alpha value is -8.79. The second-order valence-corrected chi connectivity index (χ2v) is 31.0. The van der Waals surface area contributed by atoms with E-state index >= 15 is 0 Å². The highest BCUT2D eigenvalue weighted by molar-refractivity contribution is 6.04. The molecule has 3 aliphatic carbocycles. The van der Waals surface area contributed by atoms with Gasteiger partial charge in [0.15, 0.2) is 18.6 Å². The van der Waals surface area contributed by atoms with Gasteiger partial charge in [0.2, 0.25) is 17.1 Å². The Morgan fingerprint density at radius 2 is 0.613 bits per heavy atom. The predicted octanol–water partition coefficient (Wildman–Crippen LogP) is 21.6. The molecule has 9 aromatic carbocycles. The van der Waals surface area contributed by atoms with Crippen LogP contribution < -0.4 is 13.7 Å². The molecule has 468 valence electrons. The third-order valence-corrected chi connectivity index (χ3v) is 24.2. The van der Waals surface area contributed by atoms with Gasteiger partial charge in [-0.3, -0.25) is 0 Å². The molecule has 93 heavy (non-hydrogen) atoms. The third-order valence-electron chi connectivity index (χ3n) is 24.2. The van der Waals surface area contributed by atoms with Crippen molar-refractivity contribution in [3.63, 3.8) is 0 Å². The number of benzene rings is 9. The minimum atomic E-state index is -0.0307. The number of nitrogens with zero attached hydrogens (tertiary/aromatic N) is 3.